The summed E-state index contributed by atoms with van der Waals surface area (Å²) in [6, 6.07) is 4.68. The Kier molecular flexibility index (Phi) is 3.92. The van der Waals surface area contributed by atoms with E-state index in [1.807, 2.05) is 19.1 Å². The lowest BCUT2D eigenvalue weighted by Gasteiger charge is -2.03. The summed E-state index contributed by atoms with van der Waals surface area (Å²) in [5.74, 6) is -1.28. The van der Waals surface area contributed by atoms with Crippen molar-refractivity contribution in [3.05, 3.63) is 41.5 Å². The molecule has 3 heteroatoms. The number of allylic oxidation sites excluding steroid dienone is 2. The fourth-order valence-electron chi connectivity index (χ4n) is 1.33. The van der Waals surface area contributed by atoms with Crippen molar-refractivity contribution in [2.75, 3.05) is 0 Å². The van der Waals surface area contributed by atoms with Gasteiger partial charge in [-0.05, 0) is 37.5 Å². The van der Waals surface area contributed by atoms with E-state index in [1.54, 1.807) is 6.07 Å². The second kappa shape index (κ2) is 5.20. The number of carboxylic acid groups (broad SMARTS) is 1. The van der Waals surface area contributed by atoms with Gasteiger partial charge in [-0.3, -0.25) is 0 Å². The molecular weight excluding hydrogens is 192 g/mol. The largest absolute Gasteiger partial charge is 0.507 e. The number of hydrogen-bond donors (Lipinski definition) is 2. The molecule has 1 aromatic rings. The average Bonchev–Trinajstić information content (AvgIpc) is 2.20. The van der Waals surface area contributed by atoms with E-state index in [9.17, 15) is 9.90 Å². The summed E-state index contributed by atoms with van der Waals surface area (Å²) in [6.07, 6.45) is 5.64. The van der Waals surface area contributed by atoms with Crippen molar-refractivity contribution in [1.29, 1.82) is 0 Å². The molecule has 0 saturated heterocycles. The first kappa shape index (κ1) is 11.3. The summed E-state index contributed by atoms with van der Waals surface area (Å²) >= 11 is 0. The number of rotatable bonds is 4. The number of carboxylic acids is 1. The lowest BCUT2D eigenvalue weighted by atomic mass is 10.1. The molecule has 15 heavy (non-hydrogen) atoms. The van der Waals surface area contributed by atoms with E-state index >= 15 is 0 Å². The lowest BCUT2D eigenvalue weighted by molar-refractivity contribution is 0.0693. The van der Waals surface area contributed by atoms with Gasteiger partial charge in [0.05, 0.1) is 0 Å². The van der Waals surface area contributed by atoms with Crippen molar-refractivity contribution in [2.45, 2.75) is 19.8 Å². The molecule has 0 unspecified atom stereocenters. The predicted molar refractivity (Wildman–Crippen MR) is 58.2 cm³/mol. The van der Waals surface area contributed by atoms with Crippen LogP contribution in [0, 0.1) is 0 Å². The van der Waals surface area contributed by atoms with Gasteiger partial charge in [-0.15, -0.1) is 0 Å². The standard InChI is InChI=1S/C12H14O3/c1-2-3-4-5-9-6-7-11(13)10(8-9)12(14)15/h2-3,6-8,13H,4-5H2,1H3,(H,14,15)/b3-2-. The number of phenols is 1. The normalized spacial score (nSPS) is 10.7. The maximum absolute atomic E-state index is 10.7. The minimum atomic E-state index is -1.10. The van der Waals surface area contributed by atoms with Gasteiger partial charge in [0.25, 0.3) is 0 Å². The summed E-state index contributed by atoms with van der Waals surface area (Å²) in [5, 5.41) is 18.1. The molecule has 0 bridgehead atoms. The quantitative estimate of drug-likeness (QED) is 0.744. The molecule has 1 aromatic carbocycles. The molecule has 0 aliphatic heterocycles. The second-order valence-corrected chi connectivity index (χ2v) is 3.26. The number of hydrogen-bond acceptors (Lipinski definition) is 2. The van der Waals surface area contributed by atoms with E-state index in [4.69, 9.17) is 5.11 Å². The van der Waals surface area contributed by atoms with E-state index in [0.29, 0.717) is 0 Å². The smallest absolute Gasteiger partial charge is 0.339 e. The Morgan fingerprint density at radius 3 is 2.80 bits per heavy atom. The Bertz CT molecular complexity index is 380. The molecule has 0 heterocycles. The molecule has 0 saturated carbocycles. The number of aromatic hydroxyl groups is 1. The molecule has 0 fully saturated rings. The van der Waals surface area contributed by atoms with E-state index in [-0.39, 0.29) is 11.3 Å². The van der Waals surface area contributed by atoms with Crippen molar-refractivity contribution in [3.8, 4) is 5.75 Å². The van der Waals surface area contributed by atoms with Crippen LogP contribution in [0.15, 0.2) is 30.4 Å². The summed E-state index contributed by atoms with van der Waals surface area (Å²) in [4.78, 5) is 10.7. The average molecular weight is 206 g/mol. The van der Waals surface area contributed by atoms with E-state index in [1.165, 1.54) is 12.1 Å². The number of aromatic carboxylic acids is 1. The highest BCUT2D eigenvalue weighted by molar-refractivity contribution is 5.90. The van der Waals surface area contributed by atoms with Crippen LogP contribution >= 0.6 is 0 Å². The molecule has 0 atom stereocenters. The fourth-order valence-corrected chi connectivity index (χ4v) is 1.33. The Balaban J connectivity index is 2.83. The van der Waals surface area contributed by atoms with Crippen LogP contribution in [0.4, 0.5) is 0 Å². The van der Waals surface area contributed by atoms with Crippen LogP contribution in [0.3, 0.4) is 0 Å². The van der Waals surface area contributed by atoms with Crippen LogP contribution in [0.1, 0.15) is 29.3 Å². The third-order valence-electron chi connectivity index (χ3n) is 2.13. The molecule has 80 valence electrons. The maximum atomic E-state index is 10.7. The number of carbonyl (C=O) groups is 1. The van der Waals surface area contributed by atoms with Crippen LogP contribution in [-0.2, 0) is 6.42 Å². The first-order valence-corrected chi connectivity index (χ1v) is 4.81. The number of benzene rings is 1. The first-order chi connectivity index (χ1) is 7.15. The Labute approximate surface area is 88.7 Å². The van der Waals surface area contributed by atoms with Crippen LogP contribution < -0.4 is 0 Å². The van der Waals surface area contributed by atoms with Crippen LogP contribution in [0.25, 0.3) is 0 Å². The topological polar surface area (TPSA) is 57.5 Å². The van der Waals surface area contributed by atoms with Gasteiger partial charge in [0, 0.05) is 0 Å². The monoisotopic (exact) mass is 206 g/mol. The molecule has 0 spiro atoms. The zero-order valence-corrected chi connectivity index (χ0v) is 8.60. The van der Waals surface area contributed by atoms with E-state index in [2.05, 4.69) is 0 Å². The van der Waals surface area contributed by atoms with Crippen molar-refractivity contribution < 1.29 is 15.0 Å². The minimum Gasteiger partial charge on any atom is -0.507 e. The second-order valence-electron chi connectivity index (χ2n) is 3.26. The van der Waals surface area contributed by atoms with Gasteiger partial charge in [-0.25, -0.2) is 4.79 Å². The Morgan fingerprint density at radius 1 is 1.47 bits per heavy atom. The summed E-state index contributed by atoms with van der Waals surface area (Å²) in [6.45, 7) is 1.94. The third kappa shape index (κ3) is 3.13. The van der Waals surface area contributed by atoms with Gasteiger partial charge in [0.15, 0.2) is 0 Å². The highest BCUT2D eigenvalue weighted by atomic mass is 16.4. The summed E-state index contributed by atoms with van der Waals surface area (Å²) in [5.41, 5.74) is 0.885. The molecule has 2 N–H and O–H groups in total. The van der Waals surface area contributed by atoms with Gasteiger partial charge in [-0.1, -0.05) is 18.2 Å². The molecule has 0 aliphatic carbocycles. The van der Waals surface area contributed by atoms with Crippen molar-refractivity contribution in [1.82, 2.24) is 0 Å². The SMILES string of the molecule is C/C=C\CCc1ccc(O)c(C(=O)O)c1. The predicted octanol–water partition coefficient (Wildman–Crippen LogP) is 2.60. The minimum absolute atomic E-state index is 0.0343. The molecule has 3 nitrogen and oxygen atoms in total. The first-order valence-electron chi connectivity index (χ1n) is 4.81. The molecule has 0 aromatic heterocycles. The van der Waals surface area contributed by atoms with Crippen molar-refractivity contribution in [3.63, 3.8) is 0 Å². The highest BCUT2D eigenvalue weighted by Crippen LogP contribution is 2.19. The molecule has 0 aliphatic rings. The Hall–Kier alpha value is -1.77. The van der Waals surface area contributed by atoms with E-state index < -0.39 is 5.97 Å². The number of aryl methyl sites for hydroxylation is 1. The fraction of sp³-hybridized carbons (Fsp3) is 0.250. The van der Waals surface area contributed by atoms with Gasteiger partial charge >= 0.3 is 5.97 Å². The molecule has 1 rings (SSSR count). The maximum Gasteiger partial charge on any atom is 0.339 e. The third-order valence-corrected chi connectivity index (χ3v) is 2.13. The summed E-state index contributed by atoms with van der Waals surface area (Å²) < 4.78 is 0. The van der Waals surface area contributed by atoms with Crippen molar-refractivity contribution >= 4 is 5.97 Å². The summed E-state index contributed by atoms with van der Waals surface area (Å²) in [7, 11) is 0. The molecule has 0 radical (unpaired) electrons. The molecular formula is C12H14O3. The van der Waals surface area contributed by atoms with Gasteiger partial charge < -0.3 is 10.2 Å². The van der Waals surface area contributed by atoms with Gasteiger partial charge in [0.1, 0.15) is 11.3 Å². The van der Waals surface area contributed by atoms with Crippen molar-refractivity contribution in [2.24, 2.45) is 0 Å². The van der Waals surface area contributed by atoms with E-state index in [0.717, 1.165) is 18.4 Å². The van der Waals surface area contributed by atoms with Gasteiger partial charge in [-0.2, -0.15) is 0 Å². The lowest BCUT2D eigenvalue weighted by Crippen LogP contribution is -1.98. The van der Waals surface area contributed by atoms with Crippen LogP contribution in [0.2, 0.25) is 0 Å². The zero-order valence-electron chi connectivity index (χ0n) is 8.60. The zero-order chi connectivity index (χ0) is 11.3. The Morgan fingerprint density at radius 2 is 2.20 bits per heavy atom. The van der Waals surface area contributed by atoms with Gasteiger partial charge in [0.2, 0.25) is 0 Å². The van der Waals surface area contributed by atoms with Crippen LogP contribution in [-0.4, -0.2) is 16.2 Å². The highest BCUT2D eigenvalue weighted by Gasteiger charge is 2.09. The molecule has 0 amide bonds. The van der Waals surface area contributed by atoms with Crippen LogP contribution in [0.5, 0.6) is 5.75 Å².